The summed E-state index contributed by atoms with van der Waals surface area (Å²) in [6, 6.07) is 1.17. The van der Waals surface area contributed by atoms with Crippen LogP contribution in [-0.2, 0) is 10.0 Å². The molecule has 4 atom stereocenters. The molecule has 1 saturated carbocycles. The lowest BCUT2D eigenvalue weighted by molar-refractivity contribution is 0.0266. The van der Waals surface area contributed by atoms with Gasteiger partial charge in [-0.1, -0.05) is 12.8 Å². The standard InChI is InChI=1S/C22H29N5O4S/c1-5-15-11-16-12-23-21(24-17-8-10-26(13-14(17)2)32(4,30)31)25-19(16)27(20(15)28)18-7-6-9-22(18,3)29/h1,11-12,14,17-18,29H,6-10,13H2,2-4H3,(H,23,24,25)/t14-,17+,18-,22-/m1/s1. The fourth-order valence-corrected chi connectivity index (χ4v) is 5.85. The highest BCUT2D eigenvalue weighted by molar-refractivity contribution is 7.88. The molecular formula is C22H29N5O4S. The lowest BCUT2D eigenvalue weighted by atomic mass is 9.95. The molecule has 0 aromatic carbocycles. The SMILES string of the molecule is C#Cc1cc2cnc(N[C@H]3CCN(S(C)(=O)=O)C[C@H]3C)nc2n([C@@H]2CCC[C@@]2(C)O)c1=O. The zero-order valence-electron chi connectivity index (χ0n) is 18.6. The molecule has 10 heteroatoms. The molecule has 3 heterocycles. The maximum Gasteiger partial charge on any atom is 0.268 e. The maximum absolute atomic E-state index is 13.1. The average molecular weight is 460 g/mol. The highest BCUT2D eigenvalue weighted by Gasteiger charge is 2.40. The van der Waals surface area contributed by atoms with Crippen molar-refractivity contribution in [3.63, 3.8) is 0 Å². The minimum absolute atomic E-state index is 0.00908. The van der Waals surface area contributed by atoms with Gasteiger partial charge in [0.15, 0.2) is 0 Å². The van der Waals surface area contributed by atoms with Crippen LogP contribution in [-0.4, -0.2) is 63.4 Å². The summed E-state index contributed by atoms with van der Waals surface area (Å²) in [5.41, 5.74) is -0.729. The van der Waals surface area contributed by atoms with Crippen molar-refractivity contribution in [2.45, 2.75) is 57.2 Å². The van der Waals surface area contributed by atoms with Crippen molar-refractivity contribution in [1.82, 2.24) is 18.8 Å². The first-order valence-corrected chi connectivity index (χ1v) is 12.7. The zero-order valence-corrected chi connectivity index (χ0v) is 19.4. The van der Waals surface area contributed by atoms with Gasteiger partial charge in [0.25, 0.3) is 5.56 Å². The minimum Gasteiger partial charge on any atom is -0.388 e. The third kappa shape index (κ3) is 4.12. The van der Waals surface area contributed by atoms with Crippen LogP contribution < -0.4 is 10.9 Å². The van der Waals surface area contributed by atoms with Crippen LogP contribution >= 0.6 is 0 Å². The molecule has 1 saturated heterocycles. The number of piperidine rings is 1. The van der Waals surface area contributed by atoms with Crippen LogP contribution in [0.25, 0.3) is 11.0 Å². The van der Waals surface area contributed by atoms with Gasteiger partial charge >= 0.3 is 0 Å². The van der Waals surface area contributed by atoms with E-state index >= 15 is 0 Å². The molecular weight excluding hydrogens is 430 g/mol. The average Bonchev–Trinajstić information content (AvgIpc) is 3.07. The normalized spacial score (nSPS) is 29.2. The number of sulfonamides is 1. The van der Waals surface area contributed by atoms with Crippen molar-refractivity contribution in [2.24, 2.45) is 5.92 Å². The lowest BCUT2D eigenvalue weighted by Crippen LogP contribution is -2.47. The Kier molecular flexibility index (Phi) is 5.77. The lowest BCUT2D eigenvalue weighted by Gasteiger charge is -2.35. The topological polar surface area (TPSA) is 117 Å². The summed E-state index contributed by atoms with van der Waals surface area (Å²) >= 11 is 0. The number of nitrogens with zero attached hydrogens (tertiary/aromatic N) is 4. The van der Waals surface area contributed by atoms with E-state index in [1.807, 2.05) is 6.92 Å². The van der Waals surface area contributed by atoms with Gasteiger partial charge in [0.1, 0.15) is 5.65 Å². The monoisotopic (exact) mass is 459 g/mol. The molecule has 2 aromatic rings. The largest absolute Gasteiger partial charge is 0.388 e. The van der Waals surface area contributed by atoms with Crippen LogP contribution in [0, 0.1) is 18.3 Å². The molecule has 1 aliphatic carbocycles. The van der Waals surface area contributed by atoms with E-state index in [9.17, 15) is 18.3 Å². The molecule has 0 unspecified atom stereocenters. The predicted octanol–water partition coefficient (Wildman–Crippen LogP) is 1.33. The smallest absolute Gasteiger partial charge is 0.268 e. The van der Waals surface area contributed by atoms with Crippen molar-refractivity contribution in [3.05, 3.63) is 28.2 Å². The first-order chi connectivity index (χ1) is 15.0. The molecule has 2 aliphatic rings. The minimum atomic E-state index is -3.23. The Hall–Kier alpha value is -2.48. The fraction of sp³-hybridized carbons (Fsp3) is 0.591. The third-order valence-electron chi connectivity index (χ3n) is 6.77. The van der Waals surface area contributed by atoms with Crippen molar-refractivity contribution in [2.75, 3.05) is 24.7 Å². The summed E-state index contributed by atoms with van der Waals surface area (Å²) in [6.07, 6.45) is 11.1. The zero-order chi connectivity index (χ0) is 23.3. The summed E-state index contributed by atoms with van der Waals surface area (Å²) in [4.78, 5) is 22.2. The van der Waals surface area contributed by atoms with Crippen LogP contribution in [0.15, 0.2) is 17.1 Å². The number of nitrogens with one attached hydrogen (secondary N) is 1. The number of aliphatic hydroxyl groups is 1. The Balaban J connectivity index is 1.71. The van der Waals surface area contributed by atoms with E-state index in [1.54, 1.807) is 19.2 Å². The number of rotatable bonds is 4. The second-order valence-electron chi connectivity index (χ2n) is 9.25. The molecule has 0 amide bonds. The molecule has 9 nitrogen and oxygen atoms in total. The summed E-state index contributed by atoms with van der Waals surface area (Å²) in [5.74, 6) is 2.86. The third-order valence-corrected chi connectivity index (χ3v) is 8.04. The van der Waals surface area contributed by atoms with Crippen LogP contribution in [0.3, 0.4) is 0 Å². The summed E-state index contributed by atoms with van der Waals surface area (Å²) in [5, 5.41) is 14.8. The first kappa shape index (κ1) is 22.7. The predicted molar refractivity (Wildman–Crippen MR) is 123 cm³/mol. The van der Waals surface area contributed by atoms with Gasteiger partial charge in [-0.05, 0) is 44.6 Å². The van der Waals surface area contributed by atoms with Crippen LogP contribution in [0.2, 0.25) is 0 Å². The van der Waals surface area contributed by atoms with Gasteiger partial charge in [-0.2, -0.15) is 4.98 Å². The summed E-state index contributed by atoms with van der Waals surface area (Å²) in [6.45, 7) is 4.57. The molecule has 1 aliphatic heterocycles. The Labute approximate surface area is 187 Å². The van der Waals surface area contributed by atoms with Gasteiger partial charge < -0.3 is 10.4 Å². The van der Waals surface area contributed by atoms with Crippen molar-refractivity contribution >= 4 is 27.0 Å². The van der Waals surface area contributed by atoms with E-state index in [1.165, 1.54) is 15.1 Å². The number of hydrogen-bond donors (Lipinski definition) is 2. The van der Waals surface area contributed by atoms with Gasteiger partial charge in [-0.15, -0.1) is 6.42 Å². The van der Waals surface area contributed by atoms with Gasteiger partial charge in [0.05, 0.1) is 23.5 Å². The molecule has 2 N–H and O–H groups in total. The number of hydrogen-bond acceptors (Lipinski definition) is 7. The van der Waals surface area contributed by atoms with Crippen molar-refractivity contribution in [3.8, 4) is 12.3 Å². The Bertz CT molecular complexity index is 1250. The number of terminal acetylenes is 1. The highest BCUT2D eigenvalue weighted by Crippen LogP contribution is 2.39. The van der Waals surface area contributed by atoms with E-state index in [0.717, 1.165) is 6.42 Å². The summed E-state index contributed by atoms with van der Waals surface area (Å²) in [7, 11) is -3.23. The number of fused-ring (bicyclic) bond motifs is 1. The van der Waals surface area contributed by atoms with Gasteiger partial charge in [-0.25, -0.2) is 17.7 Å². The maximum atomic E-state index is 13.1. The molecule has 0 bridgehead atoms. The molecule has 0 radical (unpaired) electrons. The van der Waals surface area contributed by atoms with Crippen LogP contribution in [0.5, 0.6) is 0 Å². The molecule has 172 valence electrons. The number of aromatic nitrogens is 3. The molecule has 4 rings (SSSR count). The van der Waals surface area contributed by atoms with Crippen LogP contribution in [0.4, 0.5) is 5.95 Å². The van der Waals surface area contributed by atoms with Crippen molar-refractivity contribution in [1.29, 1.82) is 0 Å². The molecule has 0 spiro atoms. The number of anilines is 1. The Morgan fingerprint density at radius 2 is 2.12 bits per heavy atom. The molecule has 32 heavy (non-hydrogen) atoms. The Morgan fingerprint density at radius 1 is 1.38 bits per heavy atom. The van der Waals surface area contributed by atoms with Gasteiger partial charge in [-0.3, -0.25) is 9.36 Å². The second-order valence-corrected chi connectivity index (χ2v) is 11.2. The van der Waals surface area contributed by atoms with E-state index in [0.29, 0.717) is 49.3 Å². The van der Waals surface area contributed by atoms with Crippen LogP contribution in [0.1, 0.15) is 51.1 Å². The van der Waals surface area contributed by atoms with E-state index in [2.05, 4.69) is 21.2 Å². The molecule has 2 fully saturated rings. The number of pyridine rings is 1. The highest BCUT2D eigenvalue weighted by atomic mass is 32.2. The van der Waals surface area contributed by atoms with E-state index in [4.69, 9.17) is 6.42 Å². The fourth-order valence-electron chi connectivity index (χ4n) is 4.91. The second kappa shape index (κ2) is 8.14. The van der Waals surface area contributed by atoms with E-state index < -0.39 is 21.7 Å². The van der Waals surface area contributed by atoms with E-state index in [-0.39, 0.29) is 23.1 Å². The Morgan fingerprint density at radius 3 is 2.72 bits per heavy atom. The quantitative estimate of drug-likeness (QED) is 0.663. The van der Waals surface area contributed by atoms with Gasteiger partial charge in [0, 0.05) is 30.7 Å². The molecule has 2 aromatic heterocycles. The van der Waals surface area contributed by atoms with Gasteiger partial charge in [0.2, 0.25) is 16.0 Å². The van der Waals surface area contributed by atoms with Crippen molar-refractivity contribution < 1.29 is 13.5 Å². The first-order valence-electron chi connectivity index (χ1n) is 10.8. The summed E-state index contributed by atoms with van der Waals surface area (Å²) < 4.78 is 26.7.